The average Bonchev–Trinajstić information content (AvgIpc) is 1.81. The Hall–Kier alpha value is -0.820. The molecule has 0 unspecified atom stereocenters. The summed E-state index contributed by atoms with van der Waals surface area (Å²) in [5.41, 5.74) is 1.16. The van der Waals surface area contributed by atoms with Crippen molar-refractivity contribution in [3.63, 3.8) is 0 Å². The van der Waals surface area contributed by atoms with E-state index in [-0.39, 0.29) is 0 Å². The smallest absolute Gasteiger partial charge is 0.252 e. The molecule has 0 aromatic carbocycles. The van der Waals surface area contributed by atoms with Gasteiger partial charge in [-0.05, 0) is 24.6 Å². The molecule has 0 aliphatic carbocycles. The van der Waals surface area contributed by atoms with Gasteiger partial charge in [-0.15, -0.1) is 0 Å². The third-order valence-electron chi connectivity index (χ3n) is 0.849. The van der Waals surface area contributed by atoms with Crippen LogP contribution in [0.2, 0.25) is 0 Å². The Labute approximate surface area is 65.7 Å². The molecule has 0 fully saturated rings. The summed E-state index contributed by atoms with van der Waals surface area (Å²) in [6.45, 7) is 8.79. The van der Waals surface area contributed by atoms with Gasteiger partial charge < -0.3 is 0 Å². The van der Waals surface area contributed by atoms with Gasteiger partial charge in [0.05, 0.1) is 0 Å². The predicted octanol–water partition coefficient (Wildman–Crippen LogP) is 2.44. The Morgan fingerprint density at radius 2 is 2.10 bits per heavy atom. The van der Waals surface area contributed by atoms with Crippen LogP contribution in [0, 0.1) is 0 Å². The van der Waals surface area contributed by atoms with Crippen LogP contribution in [0.4, 0.5) is 0 Å². The van der Waals surface area contributed by atoms with Crippen LogP contribution in [0.15, 0.2) is 36.5 Å². The van der Waals surface area contributed by atoms with Crippen molar-refractivity contribution < 1.29 is 4.79 Å². The molecule has 2 heteroatoms. The molecule has 0 N–H and O–H groups in total. The van der Waals surface area contributed by atoms with Gasteiger partial charge in [-0.25, -0.2) is 0 Å². The standard InChI is InChI=1S/C8H9ClO/c1-4-7(8(9)10)5-6(2)3/h4-5H,1-2H2,3H3/b7-5+. The van der Waals surface area contributed by atoms with E-state index in [4.69, 9.17) is 11.6 Å². The van der Waals surface area contributed by atoms with Crippen LogP contribution in [-0.4, -0.2) is 5.24 Å². The van der Waals surface area contributed by atoms with Gasteiger partial charge >= 0.3 is 0 Å². The second-order valence-corrected chi connectivity index (χ2v) is 2.27. The van der Waals surface area contributed by atoms with Gasteiger partial charge in [0, 0.05) is 5.57 Å². The van der Waals surface area contributed by atoms with Crippen LogP contribution in [0.3, 0.4) is 0 Å². The first-order chi connectivity index (χ1) is 4.57. The summed E-state index contributed by atoms with van der Waals surface area (Å²) in [5, 5.41) is -0.502. The minimum Gasteiger partial charge on any atom is -0.276 e. The lowest BCUT2D eigenvalue weighted by Gasteiger charge is -1.91. The van der Waals surface area contributed by atoms with E-state index in [0.717, 1.165) is 5.57 Å². The van der Waals surface area contributed by atoms with Crippen LogP contribution in [0.5, 0.6) is 0 Å². The number of halogens is 1. The summed E-state index contributed by atoms with van der Waals surface area (Å²) in [6.07, 6.45) is 2.99. The van der Waals surface area contributed by atoms with Gasteiger partial charge in [0.15, 0.2) is 0 Å². The van der Waals surface area contributed by atoms with E-state index in [9.17, 15) is 4.79 Å². The summed E-state index contributed by atoms with van der Waals surface area (Å²) < 4.78 is 0. The SMILES string of the molecule is C=C/C(=C\C(=C)C)C(=O)Cl. The number of carbonyl (C=O) groups is 1. The molecule has 0 aromatic rings. The molecule has 0 aliphatic rings. The fourth-order valence-electron chi connectivity index (χ4n) is 0.461. The fraction of sp³-hybridized carbons (Fsp3) is 0.125. The number of hydrogen-bond donors (Lipinski definition) is 0. The van der Waals surface area contributed by atoms with Crippen molar-refractivity contribution in [2.24, 2.45) is 0 Å². The molecule has 0 atom stereocenters. The van der Waals surface area contributed by atoms with E-state index in [1.54, 1.807) is 13.0 Å². The Bertz CT molecular complexity index is 201. The number of rotatable bonds is 3. The van der Waals surface area contributed by atoms with Crippen molar-refractivity contribution in [2.75, 3.05) is 0 Å². The van der Waals surface area contributed by atoms with Crippen molar-refractivity contribution in [3.05, 3.63) is 36.5 Å². The van der Waals surface area contributed by atoms with Crippen LogP contribution in [-0.2, 0) is 4.79 Å². The Morgan fingerprint density at radius 3 is 2.20 bits per heavy atom. The maximum atomic E-state index is 10.5. The molecule has 0 saturated heterocycles. The molecular formula is C8H9ClO. The molecule has 10 heavy (non-hydrogen) atoms. The molecule has 0 spiro atoms. The van der Waals surface area contributed by atoms with Gasteiger partial charge in [-0.2, -0.15) is 0 Å². The molecule has 0 rings (SSSR count). The van der Waals surface area contributed by atoms with E-state index < -0.39 is 5.24 Å². The Morgan fingerprint density at radius 1 is 1.60 bits per heavy atom. The molecule has 0 radical (unpaired) electrons. The molecule has 0 amide bonds. The minimum atomic E-state index is -0.502. The normalized spacial score (nSPS) is 10.8. The molecule has 0 aromatic heterocycles. The maximum Gasteiger partial charge on any atom is 0.252 e. The topological polar surface area (TPSA) is 17.1 Å². The first-order valence-electron chi connectivity index (χ1n) is 2.77. The average molecular weight is 157 g/mol. The van der Waals surface area contributed by atoms with Crippen LogP contribution in [0.25, 0.3) is 0 Å². The van der Waals surface area contributed by atoms with Crippen molar-refractivity contribution in [1.29, 1.82) is 0 Å². The van der Waals surface area contributed by atoms with E-state index in [1.165, 1.54) is 6.08 Å². The van der Waals surface area contributed by atoms with Crippen LogP contribution >= 0.6 is 11.6 Å². The summed E-state index contributed by atoms with van der Waals surface area (Å²) in [5.74, 6) is 0. The largest absolute Gasteiger partial charge is 0.276 e. The summed E-state index contributed by atoms with van der Waals surface area (Å²) in [7, 11) is 0. The molecular weight excluding hydrogens is 148 g/mol. The van der Waals surface area contributed by atoms with Gasteiger partial charge in [0.2, 0.25) is 0 Å². The summed E-state index contributed by atoms with van der Waals surface area (Å²) in [4.78, 5) is 10.5. The molecule has 0 bridgehead atoms. The van der Waals surface area contributed by atoms with Gasteiger partial charge in [0.1, 0.15) is 0 Å². The van der Waals surface area contributed by atoms with Crippen molar-refractivity contribution in [2.45, 2.75) is 6.92 Å². The van der Waals surface area contributed by atoms with Gasteiger partial charge in [-0.3, -0.25) is 4.79 Å². The monoisotopic (exact) mass is 156 g/mol. The quantitative estimate of drug-likeness (QED) is 0.349. The fourth-order valence-corrected chi connectivity index (χ4v) is 0.593. The second-order valence-electron chi connectivity index (χ2n) is 1.92. The van der Waals surface area contributed by atoms with E-state index in [0.29, 0.717) is 5.57 Å². The van der Waals surface area contributed by atoms with Crippen LogP contribution < -0.4 is 0 Å². The summed E-state index contributed by atoms with van der Waals surface area (Å²) >= 11 is 5.17. The number of carbonyl (C=O) groups excluding carboxylic acids is 1. The lowest BCUT2D eigenvalue weighted by atomic mass is 10.2. The lowest BCUT2D eigenvalue weighted by molar-refractivity contribution is -0.108. The van der Waals surface area contributed by atoms with E-state index >= 15 is 0 Å². The predicted molar refractivity (Wildman–Crippen MR) is 44.0 cm³/mol. The highest BCUT2D eigenvalue weighted by Crippen LogP contribution is 2.04. The van der Waals surface area contributed by atoms with Gasteiger partial charge in [-0.1, -0.05) is 24.8 Å². The molecule has 0 aliphatic heterocycles. The van der Waals surface area contributed by atoms with Crippen LogP contribution in [0.1, 0.15) is 6.92 Å². The van der Waals surface area contributed by atoms with Crippen molar-refractivity contribution in [3.8, 4) is 0 Å². The Kier molecular flexibility index (Phi) is 3.74. The highest BCUT2D eigenvalue weighted by molar-refractivity contribution is 6.68. The molecule has 1 nitrogen and oxygen atoms in total. The maximum absolute atomic E-state index is 10.5. The lowest BCUT2D eigenvalue weighted by Crippen LogP contribution is -1.88. The first-order valence-corrected chi connectivity index (χ1v) is 3.15. The second kappa shape index (κ2) is 4.07. The summed E-state index contributed by atoms with van der Waals surface area (Å²) in [6, 6.07) is 0. The first kappa shape index (κ1) is 9.18. The highest BCUT2D eigenvalue weighted by Gasteiger charge is 1.98. The van der Waals surface area contributed by atoms with Gasteiger partial charge in [0.25, 0.3) is 5.24 Å². The number of allylic oxidation sites excluding steroid dienone is 4. The minimum absolute atomic E-state index is 0.383. The van der Waals surface area contributed by atoms with Crippen molar-refractivity contribution in [1.82, 2.24) is 0 Å². The Balaban J connectivity index is 4.49. The highest BCUT2D eigenvalue weighted by atomic mass is 35.5. The zero-order valence-electron chi connectivity index (χ0n) is 5.86. The zero-order chi connectivity index (χ0) is 8.15. The zero-order valence-corrected chi connectivity index (χ0v) is 6.61. The molecule has 0 saturated carbocycles. The third kappa shape index (κ3) is 3.25. The number of hydrogen-bond acceptors (Lipinski definition) is 1. The van der Waals surface area contributed by atoms with E-state index in [2.05, 4.69) is 13.2 Å². The molecule has 54 valence electrons. The third-order valence-corrected chi connectivity index (χ3v) is 1.07. The van der Waals surface area contributed by atoms with E-state index in [1.807, 2.05) is 0 Å². The molecule has 0 heterocycles. The van der Waals surface area contributed by atoms with Crippen molar-refractivity contribution >= 4 is 16.8 Å².